The van der Waals surface area contributed by atoms with Crippen molar-refractivity contribution in [3.63, 3.8) is 0 Å². The minimum absolute atomic E-state index is 0.00457. The van der Waals surface area contributed by atoms with E-state index in [0.717, 1.165) is 50.6 Å². The first-order chi connectivity index (χ1) is 22.6. The Labute approximate surface area is 279 Å². The van der Waals surface area contributed by atoms with Crippen LogP contribution < -0.4 is 21.6 Å². The molecule has 7 rings (SSSR count). The number of fused-ring (bicyclic) bond motifs is 7. The number of halogens is 2. The maximum atomic E-state index is 16.9. The van der Waals surface area contributed by atoms with Gasteiger partial charge in [0.1, 0.15) is 12.3 Å². The van der Waals surface area contributed by atoms with E-state index in [4.69, 9.17) is 0 Å². The van der Waals surface area contributed by atoms with E-state index in [2.05, 4.69) is 64.9 Å². The van der Waals surface area contributed by atoms with Gasteiger partial charge in [-0.2, -0.15) is 0 Å². The van der Waals surface area contributed by atoms with E-state index in [1.54, 1.807) is 0 Å². The molecule has 0 aromatic rings. The van der Waals surface area contributed by atoms with Gasteiger partial charge in [-0.25, -0.2) is 13.6 Å². The van der Waals surface area contributed by atoms with Crippen LogP contribution in [0, 0.1) is 29.6 Å². The standard InChI is InChI=1S/C35H56F2N8O2/c1-6-29(46)42-16-21(5)43(17-20(42)4)33-25-15-27(37)31-30-26(36)11-8-12-28(30)44-18-23(40-41-44)14-13-22-9-7-10-24(19(2)3)32(22)45(34(25)38-31)35(47)39-33/h6,18-22,24-28,30-34,38,40-41H,1,7-17H2,2-5H3,(H,39,47)/t20-,21+,22?,24?,25?,26?,27?,28?,30?,31?,32?,33?,34?/m1/s1. The minimum Gasteiger partial charge on any atom is -0.334 e. The highest BCUT2D eigenvalue weighted by atomic mass is 19.1. The lowest BCUT2D eigenvalue weighted by Gasteiger charge is -2.60. The molecule has 3 saturated heterocycles. The van der Waals surface area contributed by atoms with Crippen LogP contribution in [0.3, 0.4) is 0 Å². The van der Waals surface area contributed by atoms with Gasteiger partial charge in [0.2, 0.25) is 5.91 Å². The molecule has 0 aromatic heterocycles. The van der Waals surface area contributed by atoms with Crippen LogP contribution in [0.1, 0.15) is 85.5 Å². The van der Waals surface area contributed by atoms with Crippen molar-refractivity contribution < 1.29 is 18.4 Å². The maximum absolute atomic E-state index is 16.9. The number of alkyl halides is 2. The predicted octanol–water partition coefficient (Wildman–Crippen LogP) is 3.99. The number of amides is 3. The number of carbonyl (C=O) groups is 2. The molecule has 10 nitrogen and oxygen atoms in total. The molecule has 7 aliphatic rings. The lowest BCUT2D eigenvalue weighted by atomic mass is 9.68. The molecule has 5 fully saturated rings. The number of piperazine rings is 1. The van der Waals surface area contributed by atoms with Crippen LogP contribution in [-0.2, 0) is 4.79 Å². The quantitative estimate of drug-likeness (QED) is 0.341. The zero-order valence-electron chi connectivity index (χ0n) is 28.6. The molecular weight excluding hydrogens is 602 g/mol. The van der Waals surface area contributed by atoms with Crippen molar-refractivity contribution in [1.82, 2.24) is 41.3 Å². The summed E-state index contributed by atoms with van der Waals surface area (Å²) in [7, 11) is 0. The number of hydrogen-bond acceptors (Lipinski definition) is 7. The summed E-state index contributed by atoms with van der Waals surface area (Å²) in [6, 6.07) is -1.17. The monoisotopic (exact) mass is 658 g/mol. The van der Waals surface area contributed by atoms with Gasteiger partial charge < -0.3 is 20.5 Å². The Bertz CT molecular complexity index is 1240. The minimum atomic E-state index is -1.27. The zero-order chi connectivity index (χ0) is 33.1. The Kier molecular flexibility index (Phi) is 9.23. The predicted molar refractivity (Wildman–Crippen MR) is 176 cm³/mol. The van der Waals surface area contributed by atoms with Crippen LogP contribution >= 0.6 is 0 Å². The Morgan fingerprint density at radius 2 is 1.81 bits per heavy atom. The summed E-state index contributed by atoms with van der Waals surface area (Å²) in [4.78, 5) is 33.5. The molecule has 0 aromatic carbocycles. The Balaban J connectivity index is 1.29. The molecule has 11 unspecified atom stereocenters. The second kappa shape index (κ2) is 13.1. The van der Waals surface area contributed by atoms with Gasteiger partial charge in [0.15, 0.2) is 0 Å². The third-order valence-corrected chi connectivity index (χ3v) is 13.0. The number of rotatable bonds is 3. The van der Waals surface area contributed by atoms with Gasteiger partial charge in [-0.3, -0.25) is 20.0 Å². The number of hydrogen-bond donors (Lipinski definition) is 4. The maximum Gasteiger partial charge on any atom is 0.320 e. The van der Waals surface area contributed by atoms with Crippen LogP contribution in [0.2, 0.25) is 0 Å². The molecule has 262 valence electrons. The Morgan fingerprint density at radius 3 is 2.57 bits per heavy atom. The highest BCUT2D eigenvalue weighted by molar-refractivity contribution is 5.87. The van der Waals surface area contributed by atoms with Crippen molar-refractivity contribution in [3.05, 3.63) is 24.6 Å². The molecule has 3 amide bonds. The van der Waals surface area contributed by atoms with E-state index in [0.29, 0.717) is 37.3 Å². The van der Waals surface area contributed by atoms with E-state index in [9.17, 15) is 9.59 Å². The van der Waals surface area contributed by atoms with Crippen molar-refractivity contribution in [1.29, 1.82) is 0 Å². The normalized spacial score (nSPS) is 44.1. The number of piperidine rings is 1. The smallest absolute Gasteiger partial charge is 0.320 e. The number of hydrazine groups is 2. The lowest BCUT2D eigenvalue weighted by molar-refractivity contribution is -0.137. The molecule has 4 bridgehead atoms. The second-order valence-electron chi connectivity index (χ2n) is 16.0. The number of nitrogens with one attached hydrogen (secondary N) is 4. The fourth-order valence-electron chi connectivity index (χ4n) is 10.7. The number of nitrogens with zero attached hydrogens (tertiary/aromatic N) is 4. The van der Waals surface area contributed by atoms with Crippen molar-refractivity contribution in [2.75, 3.05) is 13.1 Å². The van der Waals surface area contributed by atoms with Gasteiger partial charge >= 0.3 is 6.03 Å². The average Bonchev–Trinajstić information content (AvgIpc) is 3.53. The van der Waals surface area contributed by atoms with E-state index in [-0.39, 0.29) is 48.4 Å². The first-order valence-electron chi connectivity index (χ1n) is 18.4. The van der Waals surface area contributed by atoms with E-state index < -0.39 is 36.6 Å². The molecule has 47 heavy (non-hydrogen) atoms. The first-order valence-corrected chi connectivity index (χ1v) is 18.4. The zero-order valence-corrected chi connectivity index (χ0v) is 28.6. The van der Waals surface area contributed by atoms with Gasteiger partial charge in [0.25, 0.3) is 0 Å². The van der Waals surface area contributed by atoms with Crippen LogP contribution in [0.5, 0.6) is 0 Å². The van der Waals surface area contributed by atoms with E-state index >= 15 is 8.78 Å². The average molecular weight is 659 g/mol. The third-order valence-electron chi connectivity index (χ3n) is 13.0. The third kappa shape index (κ3) is 5.83. The largest absolute Gasteiger partial charge is 0.334 e. The molecule has 2 saturated carbocycles. The Morgan fingerprint density at radius 1 is 1.02 bits per heavy atom. The summed E-state index contributed by atoms with van der Waals surface area (Å²) in [5, 5.41) is 9.15. The molecule has 5 aliphatic heterocycles. The van der Waals surface area contributed by atoms with Crippen LogP contribution in [0.25, 0.3) is 0 Å². The molecule has 13 atom stereocenters. The fourth-order valence-corrected chi connectivity index (χ4v) is 10.7. The van der Waals surface area contributed by atoms with Gasteiger partial charge in [-0.1, -0.05) is 26.8 Å². The summed E-state index contributed by atoms with van der Waals surface area (Å²) in [5.74, 6) is 0.0858. The van der Waals surface area contributed by atoms with Gasteiger partial charge in [-0.15, -0.1) is 5.53 Å². The summed E-state index contributed by atoms with van der Waals surface area (Å²) in [6.45, 7) is 13.4. The van der Waals surface area contributed by atoms with Gasteiger partial charge in [0.05, 0.1) is 18.4 Å². The molecular formula is C35H56F2N8O2. The van der Waals surface area contributed by atoms with Crippen molar-refractivity contribution in [2.45, 2.75) is 140 Å². The highest BCUT2D eigenvalue weighted by Crippen LogP contribution is 2.46. The van der Waals surface area contributed by atoms with Crippen molar-refractivity contribution in [2.24, 2.45) is 29.6 Å². The summed E-state index contributed by atoms with van der Waals surface area (Å²) >= 11 is 0. The van der Waals surface area contributed by atoms with Gasteiger partial charge in [0, 0.05) is 61.0 Å². The fraction of sp³-hybridized carbons (Fsp3) is 0.829. The SMILES string of the molecule is C=CC(=O)N1C[C@H](C)N(C2NC(=O)N3C4NC(C(F)CC42)C2C(F)CCCC2N2C=C(CCC4CCCC(C(C)C)C43)NN2)C[C@H]1C. The lowest BCUT2D eigenvalue weighted by Crippen LogP contribution is -2.79. The molecule has 2 aliphatic carbocycles. The molecule has 0 spiro atoms. The Hall–Kier alpha value is -2.44. The molecule has 0 radical (unpaired) electrons. The summed E-state index contributed by atoms with van der Waals surface area (Å²) in [5.41, 5.74) is 7.71. The second-order valence-corrected chi connectivity index (χ2v) is 16.0. The summed E-state index contributed by atoms with van der Waals surface area (Å²) in [6.07, 6.45) is 7.41. The van der Waals surface area contributed by atoms with Crippen LogP contribution in [0.15, 0.2) is 24.6 Å². The first kappa shape index (κ1) is 33.1. The highest BCUT2D eigenvalue weighted by Gasteiger charge is 2.58. The number of carbonyl (C=O) groups excluding carboxylic acids is 2. The van der Waals surface area contributed by atoms with Crippen LogP contribution in [-0.4, -0.2) is 99.6 Å². The summed E-state index contributed by atoms with van der Waals surface area (Å²) < 4.78 is 33.1. The number of urea groups is 1. The molecule has 5 heterocycles. The number of allylic oxidation sites excluding steroid dienone is 1. The van der Waals surface area contributed by atoms with Crippen molar-refractivity contribution >= 4 is 11.9 Å². The van der Waals surface area contributed by atoms with Crippen LogP contribution in [0.4, 0.5) is 13.6 Å². The molecule has 4 N–H and O–H groups in total. The van der Waals surface area contributed by atoms with Gasteiger partial charge in [-0.05, 0) is 89.0 Å². The molecule has 12 heteroatoms. The van der Waals surface area contributed by atoms with E-state index in [1.165, 1.54) is 6.08 Å². The van der Waals surface area contributed by atoms with Crippen molar-refractivity contribution in [3.8, 4) is 0 Å². The topological polar surface area (TPSA) is 95.2 Å². The van der Waals surface area contributed by atoms with E-state index in [1.807, 2.05) is 16.8 Å².